The fourth-order valence-electron chi connectivity index (χ4n) is 0.0690. The van der Waals surface area contributed by atoms with Crippen LogP contribution in [-0.4, -0.2) is 24.1 Å². The zero-order valence-corrected chi connectivity index (χ0v) is 5.74. The van der Waals surface area contributed by atoms with Crippen LogP contribution in [0, 0.1) is 0 Å². The molecule has 0 aromatic carbocycles. The normalized spacial score (nSPS) is 10.8. The molecular formula is C5H10F4O. The Morgan fingerprint density at radius 2 is 1.60 bits per heavy atom. The SMILES string of the molecule is CC.OCC(F)(F)C(F)F. The van der Waals surface area contributed by atoms with E-state index in [1.54, 1.807) is 0 Å². The summed E-state index contributed by atoms with van der Waals surface area (Å²) in [5, 5.41) is 7.53. The second kappa shape index (κ2) is 5.46. The Morgan fingerprint density at radius 1 is 1.30 bits per heavy atom. The van der Waals surface area contributed by atoms with Gasteiger partial charge in [0.15, 0.2) is 0 Å². The molecule has 0 spiro atoms. The summed E-state index contributed by atoms with van der Waals surface area (Å²) in [6.45, 7) is 2.20. The van der Waals surface area contributed by atoms with E-state index >= 15 is 0 Å². The molecule has 64 valence electrons. The Kier molecular flexibility index (Phi) is 6.76. The highest BCUT2D eigenvalue weighted by atomic mass is 19.3. The van der Waals surface area contributed by atoms with Gasteiger partial charge in [-0.05, 0) is 0 Å². The molecule has 0 amide bonds. The van der Waals surface area contributed by atoms with Gasteiger partial charge in [-0.1, -0.05) is 13.8 Å². The fourth-order valence-corrected chi connectivity index (χ4v) is 0.0690. The number of halogens is 4. The summed E-state index contributed by atoms with van der Waals surface area (Å²) in [5.41, 5.74) is 0. The second-order valence-electron chi connectivity index (χ2n) is 1.22. The quantitative estimate of drug-likeness (QED) is 0.615. The third-order valence-electron chi connectivity index (χ3n) is 0.530. The summed E-state index contributed by atoms with van der Waals surface area (Å²) in [6.07, 6.45) is -3.77. The predicted octanol–water partition coefficient (Wildman–Crippen LogP) is 1.91. The van der Waals surface area contributed by atoms with Crippen LogP contribution < -0.4 is 0 Å². The molecule has 0 unspecified atom stereocenters. The number of alkyl halides is 4. The molecule has 0 atom stereocenters. The van der Waals surface area contributed by atoms with Crippen molar-refractivity contribution in [2.75, 3.05) is 6.61 Å². The molecule has 1 N–H and O–H groups in total. The average Bonchev–Trinajstić information content (AvgIpc) is 1.92. The monoisotopic (exact) mass is 162 g/mol. The van der Waals surface area contributed by atoms with Gasteiger partial charge >= 0.3 is 12.3 Å². The summed E-state index contributed by atoms with van der Waals surface area (Å²) in [4.78, 5) is 0. The lowest BCUT2D eigenvalue weighted by Gasteiger charge is -2.09. The molecule has 0 bridgehead atoms. The fraction of sp³-hybridized carbons (Fsp3) is 1.00. The predicted molar refractivity (Wildman–Crippen MR) is 29.4 cm³/mol. The van der Waals surface area contributed by atoms with E-state index in [0.717, 1.165) is 0 Å². The lowest BCUT2D eigenvalue weighted by molar-refractivity contribution is -0.153. The van der Waals surface area contributed by atoms with Crippen LogP contribution >= 0.6 is 0 Å². The lowest BCUT2D eigenvalue weighted by atomic mass is 10.4. The summed E-state index contributed by atoms with van der Waals surface area (Å²) < 4.78 is 44.4. The lowest BCUT2D eigenvalue weighted by Crippen LogP contribution is -2.30. The molecule has 0 aliphatic rings. The van der Waals surface area contributed by atoms with Gasteiger partial charge in [-0.3, -0.25) is 0 Å². The molecule has 0 rings (SSSR count). The van der Waals surface area contributed by atoms with Crippen molar-refractivity contribution in [1.29, 1.82) is 0 Å². The van der Waals surface area contributed by atoms with E-state index in [-0.39, 0.29) is 0 Å². The molecule has 1 nitrogen and oxygen atoms in total. The van der Waals surface area contributed by atoms with Crippen LogP contribution in [0.3, 0.4) is 0 Å². The van der Waals surface area contributed by atoms with Crippen molar-refractivity contribution < 1.29 is 22.7 Å². The van der Waals surface area contributed by atoms with Crippen LogP contribution in [0.4, 0.5) is 17.6 Å². The molecular weight excluding hydrogens is 152 g/mol. The van der Waals surface area contributed by atoms with Crippen molar-refractivity contribution in [3.63, 3.8) is 0 Å². The van der Waals surface area contributed by atoms with E-state index < -0.39 is 19.0 Å². The second-order valence-corrected chi connectivity index (χ2v) is 1.22. The molecule has 0 saturated carbocycles. The van der Waals surface area contributed by atoms with Gasteiger partial charge in [0.25, 0.3) is 0 Å². The maximum Gasteiger partial charge on any atom is 0.329 e. The molecule has 0 radical (unpaired) electrons. The Bertz CT molecular complexity index is 74.0. The van der Waals surface area contributed by atoms with Crippen molar-refractivity contribution in [3.05, 3.63) is 0 Å². The summed E-state index contributed by atoms with van der Waals surface area (Å²) in [7, 11) is 0. The average molecular weight is 162 g/mol. The van der Waals surface area contributed by atoms with Gasteiger partial charge in [0.1, 0.15) is 6.61 Å². The zero-order valence-electron chi connectivity index (χ0n) is 5.74. The largest absolute Gasteiger partial charge is 0.390 e. The smallest absolute Gasteiger partial charge is 0.329 e. The standard InChI is InChI=1S/C3H4F4O.C2H6/c4-2(5)3(6,7)1-8;1-2/h2,8H,1H2;1-2H3. The first kappa shape index (κ1) is 12.4. The highest BCUT2D eigenvalue weighted by Crippen LogP contribution is 2.20. The minimum Gasteiger partial charge on any atom is -0.390 e. The van der Waals surface area contributed by atoms with Crippen LogP contribution in [0.1, 0.15) is 13.8 Å². The van der Waals surface area contributed by atoms with Gasteiger partial charge in [0, 0.05) is 0 Å². The van der Waals surface area contributed by atoms with Crippen molar-refractivity contribution in [2.45, 2.75) is 26.2 Å². The van der Waals surface area contributed by atoms with Gasteiger partial charge in [-0.25, -0.2) is 8.78 Å². The topological polar surface area (TPSA) is 20.2 Å². The maximum absolute atomic E-state index is 11.3. The van der Waals surface area contributed by atoms with Crippen LogP contribution in [0.5, 0.6) is 0 Å². The molecule has 0 aliphatic carbocycles. The molecule has 5 heteroatoms. The molecule has 0 saturated heterocycles. The van der Waals surface area contributed by atoms with Crippen molar-refractivity contribution >= 4 is 0 Å². The Labute approximate surface area is 56.7 Å². The van der Waals surface area contributed by atoms with Gasteiger partial charge in [-0.2, -0.15) is 8.78 Å². The highest BCUT2D eigenvalue weighted by Gasteiger charge is 2.39. The van der Waals surface area contributed by atoms with Crippen molar-refractivity contribution in [2.24, 2.45) is 0 Å². The Morgan fingerprint density at radius 3 is 1.60 bits per heavy atom. The number of rotatable bonds is 2. The highest BCUT2D eigenvalue weighted by molar-refractivity contribution is 4.65. The van der Waals surface area contributed by atoms with E-state index in [9.17, 15) is 17.6 Å². The Balaban J connectivity index is 0. The van der Waals surface area contributed by atoms with E-state index in [1.807, 2.05) is 13.8 Å². The van der Waals surface area contributed by atoms with Gasteiger partial charge < -0.3 is 5.11 Å². The van der Waals surface area contributed by atoms with Crippen LogP contribution in [0.25, 0.3) is 0 Å². The minimum absolute atomic E-state index is 1.80. The molecule has 0 fully saturated rings. The maximum atomic E-state index is 11.3. The number of aliphatic hydroxyl groups excluding tert-OH is 1. The number of aliphatic hydroxyl groups is 1. The third-order valence-corrected chi connectivity index (χ3v) is 0.530. The van der Waals surface area contributed by atoms with E-state index in [4.69, 9.17) is 5.11 Å². The van der Waals surface area contributed by atoms with Gasteiger partial charge in [0.05, 0.1) is 0 Å². The van der Waals surface area contributed by atoms with Crippen LogP contribution in [0.2, 0.25) is 0 Å². The third kappa shape index (κ3) is 4.55. The van der Waals surface area contributed by atoms with E-state index in [1.165, 1.54) is 0 Å². The summed E-state index contributed by atoms with van der Waals surface area (Å²) in [6, 6.07) is 0. The van der Waals surface area contributed by atoms with Crippen LogP contribution in [-0.2, 0) is 0 Å². The van der Waals surface area contributed by atoms with Gasteiger partial charge in [-0.15, -0.1) is 0 Å². The zero-order chi connectivity index (χ0) is 8.78. The molecule has 0 aromatic rings. The van der Waals surface area contributed by atoms with Crippen molar-refractivity contribution in [1.82, 2.24) is 0 Å². The van der Waals surface area contributed by atoms with E-state index in [0.29, 0.717) is 0 Å². The minimum atomic E-state index is -4.24. The first-order chi connectivity index (χ1) is 4.50. The molecule has 10 heavy (non-hydrogen) atoms. The molecule has 0 aliphatic heterocycles. The Hall–Kier alpha value is -0.320. The number of hydrogen-bond donors (Lipinski definition) is 1. The van der Waals surface area contributed by atoms with Crippen LogP contribution in [0.15, 0.2) is 0 Å². The van der Waals surface area contributed by atoms with Crippen molar-refractivity contribution in [3.8, 4) is 0 Å². The first-order valence-electron chi connectivity index (χ1n) is 2.77. The first-order valence-corrected chi connectivity index (χ1v) is 2.77. The summed E-state index contributed by atoms with van der Waals surface area (Å²) in [5.74, 6) is -4.24. The molecule has 0 aromatic heterocycles. The summed E-state index contributed by atoms with van der Waals surface area (Å²) >= 11 is 0. The van der Waals surface area contributed by atoms with E-state index in [2.05, 4.69) is 0 Å². The number of hydrogen-bond acceptors (Lipinski definition) is 1. The van der Waals surface area contributed by atoms with Gasteiger partial charge in [0.2, 0.25) is 0 Å². The molecule has 0 heterocycles.